The zero-order chi connectivity index (χ0) is 13.8. The summed E-state index contributed by atoms with van der Waals surface area (Å²) in [7, 11) is -4.05. The van der Waals surface area contributed by atoms with Gasteiger partial charge in [0.1, 0.15) is 5.15 Å². The molecule has 0 atom stereocenters. The summed E-state index contributed by atoms with van der Waals surface area (Å²) in [4.78, 5) is 14.9. The number of aromatic nitrogens is 1. The van der Waals surface area contributed by atoms with E-state index in [0.29, 0.717) is 5.69 Å². The van der Waals surface area contributed by atoms with Crippen LogP contribution in [0.2, 0.25) is 5.15 Å². The molecule has 1 rings (SSSR count). The normalized spacial score (nSPS) is 10.8. The van der Waals surface area contributed by atoms with Crippen molar-refractivity contribution in [3.8, 4) is 0 Å². The van der Waals surface area contributed by atoms with E-state index in [4.69, 9.17) is 11.6 Å². The molecule has 0 bridgehead atoms. The molecule has 1 aromatic heterocycles. The van der Waals surface area contributed by atoms with Gasteiger partial charge in [-0.15, -0.1) is 0 Å². The number of nitrogens with one attached hydrogen (secondary N) is 2. The van der Waals surface area contributed by atoms with Gasteiger partial charge in [0.25, 0.3) is 0 Å². The second-order valence-corrected chi connectivity index (χ2v) is 5.00. The summed E-state index contributed by atoms with van der Waals surface area (Å²) < 4.78 is 31.4. The Kier molecular flexibility index (Phi) is 4.74. The van der Waals surface area contributed by atoms with Gasteiger partial charge < -0.3 is 4.74 Å². The van der Waals surface area contributed by atoms with Gasteiger partial charge in [0.15, 0.2) is 0 Å². The van der Waals surface area contributed by atoms with Crippen molar-refractivity contribution in [2.24, 2.45) is 0 Å². The zero-order valence-corrected chi connectivity index (χ0v) is 11.3. The van der Waals surface area contributed by atoms with Crippen LogP contribution in [0.3, 0.4) is 0 Å². The third-order valence-electron chi connectivity index (χ3n) is 1.79. The fraction of sp³-hybridized carbons (Fsp3) is 0.333. The summed E-state index contributed by atoms with van der Waals surface area (Å²) in [6.07, 6.45) is -1.05. The highest BCUT2D eigenvalue weighted by Crippen LogP contribution is 2.16. The summed E-state index contributed by atoms with van der Waals surface area (Å²) >= 11 is 5.64. The molecule has 0 saturated heterocycles. The molecule has 2 N–H and O–H groups in total. The van der Waals surface area contributed by atoms with Crippen molar-refractivity contribution in [3.05, 3.63) is 23.0 Å². The Morgan fingerprint density at radius 1 is 1.50 bits per heavy atom. The minimum Gasteiger partial charge on any atom is -0.449 e. The first-order chi connectivity index (χ1) is 8.34. The molecule has 0 aliphatic rings. The third-order valence-corrected chi connectivity index (χ3v) is 2.92. The maximum atomic E-state index is 11.5. The number of aryl methyl sites for hydroxylation is 1. The van der Waals surface area contributed by atoms with Crippen molar-refractivity contribution >= 4 is 33.6 Å². The largest absolute Gasteiger partial charge is 0.449 e. The minimum atomic E-state index is -4.05. The fourth-order valence-corrected chi connectivity index (χ4v) is 2.10. The van der Waals surface area contributed by atoms with Gasteiger partial charge >= 0.3 is 16.3 Å². The van der Waals surface area contributed by atoms with Crippen LogP contribution in [0.4, 0.5) is 10.5 Å². The summed E-state index contributed by atoms with van der Waals surface area (Å²) in [5.74, 6) is 0. The van der Waals surface area contributed by atoms with Crippen LogP contribution in [-0.4, -0.2) is 26.1 Å². The number of carbonyl (C=O) groups is 1. The molecule has 0 saturated carbocycles. The summed E-state index contributed by atoms with van der Waals surface area (Å²) in [6.45, 7) is 3.21. The first-order valence-electron chi connectivity index (χ1n) is 4.94. The number of rotatable bonds is 4. The highest BCUT2D eigenvalue weighted by atomic mass is 35.5. The predicted molar refractivity (Wildman–Crippen MR) is 66.7 cm³/mol. The predicted octanol–water partition coefficient (Wildman–Crippen LogP) is 1.45. The fourth-order valence-electron chi connectivity index (χ4n) is 1.08. The topological polar surface area (TPSA) is 97.4 Å². The number of amides is 1. The number of nitrogens with zero attached hydrogens (tertiary/aromatic N) is 1. The smallest absolute Gasteiger partial charge is 0.422 e. The summed E-state index contributed by atoms with van der Waals surface area (Å²) in [5.41, 5.74) is 0.605. The van der Waals surface area contributed by atoms with E-state index < -0.39 is 16.3 Å². The Morgan fingerprint density at radius 2 is 2.17 bits per heavy atom. The first-order valence-corrected chi connectivity index (χ1v) is 6.80. The molecule has 9 heteroatoms. The average molecular weight is 294 g/mol. The lowest BCUT2D eigenvalue weighted by molar-refractivity contribution is 0.159. The summed E-state index contributed by atoms with van der Waals surface area (Å²) in [5, 5.41) is 0.244. The molecule has 0 aliphatic heterocycles. The highest BCUT2D eigenvalue weighted by Gasteiger charge is 2.16. The van der Waals surface area contributed by atoms with E-state index in [1.165, 1.54) is 12.1 Å². The van der Waals surface area contributed by atoms with E-state index in [2.05, 4.69) is 14.4 Å². The van der Waals surface area contributed by atoms with Crippen molar-refractivity contribution in [1.82, 2.24) is 9.71 Å². The van der Waals surface area contributed by atoms with Crippen molar-refractivity contribution < 1.29 is 17.9 Å². The number of halogens is 1. The van der Waals surface area contributed by atoms with Crippen LogP contribution in [-0.2, 0) is 14.9 Å². The SMILES string of the molecule is CCOC(=O)NS(=O)(=O)Nc1ccc(Cl)nc1C. The van der Waals surface area contributed by atoms with E-state index in [1.54, 1.807) is 18.6 Å². The van der Waals surface area contributed by atoms with E-state index >= 15 is 0 Å². The molecule has 0 unspecified atom stereocenters. The summed E-state index contributed by atoms with van der Waals surface area (Å²) in [6, 6.07) is 2.87. The molecular formula is C9H12ClN3O4S. The van der Waals surface area contributed by atoms with Crippen LogP contribution < -0.4 is 9.44 Å². The van der Waals surface area contributed by atoms with Crippen LogP contribution in [0.1, 0.15) is 12.6 Å². The van der Waals surface area contributed by atoms with Crippen LogP contribution in [0, 0.1) is 6.92 Å². The van der Waals surface area contributed by atoms with Gasteiger partial charge in [0, 0.05) is 0 Å². The van der Waals surface area contributed by atoms with Crippen molar-refractivity contribution in [2.75, 3.05) is 11.3 Å². The monoisotopic (exact) mass is 293 g/mol. The molecule has 0 fully saturated rings. The standard InChI is InChI=1S/C9H12ClN3O4S/c1-3-17-9(14)13-18(15,16)12-7-4-5-8(10)11-6(7)2/h4-5,12H,3H2,1-2H3,(H,13,14). The van der Waals surface area contributed by atoms with Gasteiger partial charge in [0.05, 0.1) is 18.0 Å². The molecule has 1 amide bonds. The Labute approximate surface area is 110 Å². The highest BCUT2D eigenvalue weighted by molar-refractivity contribution is 7.91. The van der Waals surface area contributed by atoms with Gasteiger partial charge in [0.2, 0.25) is 0 Å². The number of carbonyl (C=O) groups excluding carboxylic acids is 1. The number of hydrogen-bond donors (Lipinski definition) is 2. The van der Waals surface area contributed by atoms with Crippen LogP contribution in [0.5, 0.6) is 0 Å². The lowest BCUT2D eigenvalue weighted by atomic mass is 10.3. The van der Waals surface area contributed by atoms with Gasteiger partial charge in [-0.1, -0.05) is 11.6 Å². The zero-order valence-electron chi connectivity index (χ0n) is 9.73. The molecule has 0 aromatic carbocycles. The van der Waals surface area contributed by atoms with Crippen molar-refractivity contribution in [3.63, 3.8) is 0 Å². The second-order valence-electron chi connectivity index (χ2n) is 3.19. The quantitative estimate of drug-likeness (QED) is 0.819. The number of ether oxygens (including phenoxy) is 1. The second kappa shape index (κ2) is 5.87. The lowest BCUT2D eigenvalue weighted by Crippen LogP contribution is -2.35. The Balaban J connectivity index is 2.79. The van der Waals surface area contributed by atoms with Crippen LogP contribution in [0.25, 0.3) is 0 Å². The molecular weight excluding hydrogens is 282 g/mol. The van der Waals surface area contributed by atoms with E-state index in [-0.39, 0.29) is 17.4 Å². The maximum Gasteiger partial charge on any atom is 0.422 e. The first kappa shape index (κ1) is 14.5. The van der Waals surface area contributed by atoms with E-state index in [0.717, 1.165) is 0 Å². The third kappa shape index (κ3) is 4.38. The number of anilines is 1. The molecule has 1 heterocycles. The van der Waals surface area contributed by atoms with Crippen molar-refractivity contribution in [2.45, 2.75) is 13.8 Å². The van der Waals surface area contributed by atoms with Gasteiger partial charge in [-0.3, -0.25) is 4.72 Å². The number of pyridine rings is 1. The molecule has 7 nitrogen and oxygen atoms in total. The lowest BCUT2D eigenvalue weighted by Gasteiger charge is -2.10. The average Bonchev–Trinajstić information content (AvgIpc) is 2.21. The molecule has 0 radical (unpaired) electrons. The van der Waals surface area contributed by atoms with Crippen LogP contribution >= 0.6 is 11.6 Å². The Morgan fingerprint density at radius 3 is 2.72 bits per heavy atom. The molecule has 18 heavy (non-hydrogen) atoms. The van der Waals surface area contributed by atoms with Crippen molar-refractivity contribution in [1.29, 1.82) is 0 Å². The minimum absolute atomic E-state index is 0.0723. The number of hydrogen-bond acceptors (Lipinski definition) is 5. The molecule has 1 aromatic rings. The van der Waals surface area contributed by atoms with Gasteiger partial charge in [-0.2, -0.15) is 8.42 Å². The Hall–Kier alpha value is -1.54. The Bertz CT molecular complexity index is 547. The maximum absolute atomic E-state index is 11.5. The van der Waals surface area contributed by atoms with Gasteiger partial charge in [-0.05, 0) is 26.0 Å². The van der Waals surface area contributed by atoms with E-state index in [1.807, 2.05) is 0 Å². The molecule has 0 spiro atoms. The van der Waals surface area contributed by atoms with E-state index in [9.17, 15) is 13.2 Å². The molecule has 100 valence electrons. The molecule has 0 aliphatic carbocycles. The van der Waals surface area contributed by atoms with Gasteiger partial charge in [-0.25, -0.2) is 14.5 Å². The van der Waals surface area contributed by atoms with Crippen LogP contribution in [0.15, 0.2) is 12.1 Å².